The summed E-state index contributed by atoms with van der Waals surface area (Å²) in [6.45, 7) is 1.91. The number of carboxylic acids is 1. The summed E-state index contributed by atoms with van der Waals surface area (Å²) in [6.07, 6.45) is 1.19. The number of carbonyl (C=O) groups is 3. The van der Waals surface area contributed by atoms with Crippen LogP contribution in [-0.2, 0) is 9.59 Å². The number of carboxylic acid groups (broad SMARTS) is 1. The van der Waals surface area contributed by atoms with Gasteiger partial charge in [0.1, 0.15) is 0 Å². The highest BCUT2D eigenvalue weighted by Gasteiger charge is 2.38. The predicted molar refractivity (Wildman–Crippen MR) is 109 cm³/mol. The molecule has 0 aliphatic carbocycles. The molecule has 9 heteroatoms. The van der Waals surface area contributed by atoms with Crippen molar-refractivity contribution in [1.29, 1.82) is 0 Å². The Bertz CT molecular complexity index is 1020. The Labute approximate surface area is 170 Å². The van der Waals surface area contributed by atoms with Gasteiger partial charge in [-0.25, -0.2) is 4.79 Å². The first kappa shape index (κ1) is 19.7. The summed E-state index contributed by atoms with van der Waals surface area (Å²) in [6, 6.07) is 11.2. The maximum atomic E-state index is 12.8. The molecule has 2 amide bonds. The second-order valence-corrected chi connectivity index (χ2v) is 6.82. The van der Waals surface area contributed by atoms with Gasteiger partial charge in [0, 0.05) is 6.21 Å². The molecule has 2 aromatic rings. The fourth-order valence-corrected chi connectivity index (χ4v) is 3.13. The molecule has 28 heavy (non-hydrogen) atoms. The topological polar surface area (TPSA) is 99.1 Å². The molecule has 0 aromatic heterocycles. The SMILES string of the molecule is Cc1ccc(N2C(=O)[C@H](C=Nc3ccc(C(=O)O)c(Cl)c3)C(=O)NC2=S)cc1. The van der Waals surface area contributed by atoms with E-state index in [-0.39, 0.29) is 15.7 Å². The number of anilines is 1. The van der Waals surface area contributed by atoms with Crippen molar-refractivity contribution >= 4 is 64.3 Å². The summed E-state index contributed by atoms with van der Waals surface area (Å²) in [5.74, 6) is -3.47. The lowest BCUT2D eigenvalue weighted by atomic mass is 10.1. The average molecular weight is 416 g/mol. The van der Waals surface area contributed by atoms with Gasteiger partial charge in [0.25, 0.3) is 5.91 Å². The van der Waals surface area contributed by atoms with E-state index in [1.165, 1.54) is 29.3 Å². The molecule has 2 aromatic carbocycles. The standard InChI is InChI=1S/C19H14ClN3O4S/c1-10-2-5-12(6-3-10)23-17(25)14(16(24)22-19(23)28)9-21-11-4-7-13(18(26)27)15(20)8-11/h2-9,14H,1H3,(H,26,27)(H,22,24,28)/t14-/m1/s1. The Morgan fingerprint density at radius 3 is 2.54 bits per heavy atom. The lowest BCUT2D eigenvalue weighted by molar-refractivity contribution is -0.130. The number of aryl methyl sites for hydroxylation is 1. The van der Waals surface area contributed by atoms with Gasteiger partial charge < -0.3 is 10.4 Å². The Kier molecular flexibility index (Phi) is 5.53. The summed E-state index contributed by atoms with van der Waals surface area (Å²) in [4.78, 5) is 41.4. The third-order valence-corrected chi connectivity index (χ3v) is 4.65. The van der Waals surface area contributed by atoms with E-state index in [1.807, 2.05) is 19.1 Å². The van der Waals surface area contributed by atoms with Crippen LogP contribution in [0.5, 0.6) is 0 Å². The molecule has 142 valence electrons. The first-order valence-corrected chi connectivity index (χ1v) is 8.89. The molecule has 1 atom stereocenters. The van der Waals surface area contributed by atoms with Crippen molar-refractivity contribution in [1.82, 2.24) is 5.32 Å². The molecule has 0 radical (unpaired) electrons. The molecule has 3 rings (SSSR count). The van der Waals surface area contributed by atoms with Gasteiger partial charge in [0.05, 0.1) is 22.0 Å². The van der Waals surface area contributed by atoms with E-state index in [0.717, 1.165) is 5.56 Å². The van der Waals surface area contributed by atoms with Crippen molar-refractivity contribution in [2.24, 2.45) is 10.9 Å². The first-order chi connectivity index (χ1) is 13.3. The maximum Gasteiger partial charge on any atom is 0.337 e. The molecule has 1 fully saturated rings. The number of carbonyl (C=O) groups excluding carboxylic acids is 2. The van der Waals surface area contributed by atoms with Crippen molar-refractivity contribution < 1.29 is 19.5 Å². The lowest BCUT2D eigenvalue weighted by Gasteiger charge is -2.30. The number of benzene rings is 2. The molecule has 2 N–H and O–H groups in total. The summed E-state index contributed by atoms with van der Waals surface area (Å²) in [5.41, 5.74) is 1.80. The largest absolute Gasteiger partial charge is 0.478 e. The van der Waals surface area contributed by atoms with Gasteiger partial charge in [-0.3, -0.25) is 19.5 Å². The summed E-state index contributed by atoms with van der Waals surface area (Å²) in [5, 5.41) is 11.5. The van der Waals surface area contributed by atoms with Gasteiger partial charge in [-0.15, -0.1) is 0 Å². The second kappa shape index (κ2) is 7.87. The molecular formula is C19H14ClN3O4S. The lowest BCUT2D eigenvalue weighted by Crippen LogP contribution is -2.58. The van der Waals surface area contributed by atoms with Gasteiger partial charge in [0.2, 0.25) is 5.91 Å². The number of amides is 2. The van der Waals surface area contributed by atoms with Crippen LogP contribution in [-0.4, -0.2) is 34.2 Å². The highest BCUT2D eigenvalue weighted by Crippen LogP contribution is 2.24. The Hall–Kier alpha value is -3.10. The van der Waals surface area contributed by atoms with Gasteiger partial charge in [0.15, 0.2) is 11.0 Å². The number of hydrogen-bond acceptors (Lipinski definition) is 5. The Morgan fingerprint density at radius 2 is 1.93 bits per heavy atom. The monoisotopic (exact) mass is 415 g/mol. The zero-order valence-corrected chi connectivity index (χ0v) is 16.1. The van der Waals surface area contributed by atoms with Gasteiger partial charge >= 0.3 is 5.97 Å². The van der Waals surface area contributed by atoms with E-state index in [2.05, 4.69) is 10.3 Å². The fourth-order valence-electron chi connectivity index (χ4n) is 2.58. The number of aliphatic imine (C=N–C) groups is 1. The minimum Gasteiger partial charge on any atom is -0.478 e. The van der Waals surface area contributed by atoms with Crippen LogP contribution in [0.3, 0.4) is 0 Å². The van der Waals surface area contributed by atoms with Crippen molar-refractivity contribution in [2.45, 2.75) is 6.92 Å². The second-order valence-electron chi connectivity index (χ2n) is 6.03. The van der Waals surface area contributed by atoms with E-state index in [0.29, 0.717) is 11.4 Å². The highest BCUT2D eigenvalue weighted by molar-refractivity contribution is 7.80. The van der Waals surface area contributed by atoms with Crippen molar-refractivity contribution in [3.8, 4) is 0 Å². The van der Waals surface area contributed by atoms with E-state index in [1.54, 1.807) is 12.1 Å². The van der Waals surface area contributed by atoms with Gasteiger partial charge in [-0.1, -0.05) is 29.3 Å². The smallest absolute Gasteiger partial charge is 0.337 e. The molecule has 0 saturated carbocycles. The third kappa shape index (κ3) is 3.92. The van der Waals surface area contributed by atoms with Crippen LogP contribution < -0.4 is 10.2 Å². The van der Waals surface area contributed by atoms with Crippen LogP contribution in [0.25, 0.3) is 0 Å². The zero-order chi connectivity index (χ0) is 20.4. The number of halogens is 1. The quantitative estimate of drug-likeness (QED) is 0.454. The van der Waals surface area contributed by atoms with Crippen LogP contribution in [0, 0.1) is 12.8 Å². The van der Waals surface area contributed by atoms with Gasteiger partial charge in [-0.2, -0.15) is 0 Å². The van der Waals surface area contributed by atoms with E-state index < -0.39 is 23.7 Å². The van der Waals surface area contributed by atoms with E-state index >= 15 is 0 Å². The zero-order valence-electron chi connectivity index (χ0n) is 14.5. The van der Waals surface area contributed by atoms with Crippen LogP contribution in [0.4, 0.5) is 11.4 Å². The van der Waals surface area contributed by atoms with Crippen LogP contribution in [0.1, 0.15) is 15.9 Å². The van der Waals surface area contributed by atoms with E-state index in [4.69, 9.17) is 28.9 Å². The Morgan fingerprint density at radius 1 is 1.25 bits per heavy atom. The summed E-state index contributed by atoms with van der Waals surface area (Å²) < 4.78 is 0. The van der Waals surface area contributed by atoms with E-state index in [9.17, 15) is 14.4 Å². The fraction of sp³-hybridized carbons (Fsp3) is 0.105. The molecule has 0 bridgehead atoms. The number of nitrogens with one attached hydrogen (secondary N) is 1. The molecule has 0 spiro atoms. The molecule has 0 unspecified atom stereocenters. The number of hydrogen-bond donors (Lipinski definition) is 2. The van der Waals surface area contributed by atoms with Crippen molar-refractivity contribution in [3.05, 3.63) is 58.6 Å². The van der Waals surface area contributed by atoms with Gasteiger partial charge in [-0.05, 0) is 49.5 Å². The minimum atomic E-state index is -1.19. The van der Waals surface area contributed by atoms with Crippen molar-refractivity contribution in [2.75, 3.05) is 4.90 Å². The predicted octanol–water partition coefficient (Wildman–Crippen LogP) is 3.11. The molecule has 7 nitrogen and oxygen atoms in total. The number of thiocarbonyl (C=S) groups is 1. The minimum absolute atomic E-state index is 0.00245. The maximum absolute atomic E-state index is 12.8. The summed E-state index contributed by atoms with van der Waals surface area (Å²) in [7, 11) is 0. The van der Waals surface area contributed by atoms with Crippen LogP contribution >= 0.6 is 23.8 Å². The van der Waals surface area contributed by atoms with Crippen LogP contribution in [0.15, 0.2) is 47.5 Å². The van der Waals surface area contributed by atoms with Crippen molar-refractivity contribution in [3.63, 3.8) is 0 Å². The molecule has 1 aliphatic rings. The van der Waals surface area contributed by atoms with Crippen LogP contribution in [0.2, 0.25) is 5.02 Å². The molecule has 1 heterocycles. The Balaban J connectivity index is 1.87. The number of nitrogens with zero attached hydrogens (tertiary/aromatic N) is 2. The first-order valence-electron chi connectivity index (χ1n) is 8.10. The number of aromatic carboxylic acids is 1. The molecular weight excluding hydrogens is 402 g/mol. The normalized spacial score (nSPS) is 17.1. The molecule has 1 saturated heterocycles. The summed E-state index contributed by atoms with van der Waals surface area (Å²) >= 11 is 11.1. The average Bonchev–Trinajstić information content (AvgIpc) is 2.62. The third-order valence-electron chi connectivity index (χ3n) is 4.05. The highest BCUT2D eigenvalue weighted by atomic mass is 35.5. The molecule has 1 aliphatic heterocycles. The number of rotatable bonds is 4.